The minimum atomic E-state index is -3.99. The van der Waals surface area contributed by atoms with E-state index in [2.05, 4.69) is 0 Å². The van der Waals surface area contributed by atoms with Crippen LogP contribution in [0.4, 0.5) is 0 Å². The third-order valence-corrected chi connectivity index (χ3v) is 12.1. The van der Waals surface area contributed by atoms with Gasteiger partial charge in [-0.1, -0.05) is 23.7 Å². The van der Waals surface area contributed by atoms with Crippen molar-refractivity contribution < 1.29 is 22.7 Å². The summed E-state index contributed by atoms with van der Waals surface area (Å²) >= 11 is 6.06. The van der Waals surface area contributed by atoms with Crippen LogP contribution in [0, 0.1) is 0 Å². The fourth-order valence-corrected chi connectivity index (χ4v) is 9.53. The van der Waals surface area contributed by atoms with Crippen LogP contribution in [0.15, 0.2) is 65.6 Å². The van der Waals surface area contributed by atoms with Crippen LogP contribution in [0.2, 0.25) is 5.02 Å². The number of nitrogens with zero attached hydrogens (tertiary/aromatic N) is 2. The monoisotopic (exact) mass is 637 g/mol. The quantitative estimate of drug-likeness (QED) is 0.346. The maximum Gasteiger partial charge on any atom is 0.243 e. The van der Waals surface area contributed by atoms with E-state index in [1.54, 1.807) is 36.4 Å². The summed E-state index contributed by atoms with van der Waals surface area (Å²) in [4.78, 5) is 16.5. The first-order valence-electron chi connectivity index (χ1n) is 16.0. The van der Waals surface area contributed by atoms with Crippen LogP contribution in [-0.2, 0) is 14.8 Å². The molecule has 4 aliphatic rings. The number of sulfonamides is 1. The molecule has 2 unspecified atom stereocenters. The molecular weight excluding hydrogens is 598 g/mol. The highest BCUT2D eigenvalue weighted by Crippen LogP contribution is 2.39. The average molecular weight is 638 g/mol. The summed E-state index contributed by atoms with van der Waals surface area (Å²) in [5, 5.41) is 2.35. The number of nitrogens with two attached hydrogens (primary N) is 1. The van der Waals surface area contributed by atoms with E-state index in [1.165, 1.54) is 17.1 Å². The van der Waals surface area contributed by atoms with E-state index in [9.17, 15) is 13.2 Å². The van der Waals surface area contributed by atoms with Crippen molar-refractivity contribution in [1.82, 2.24) is 9.21 Å². The Morgan fingerprint density at radius 2 is 1.41 bits per heavy atom. The molecule has 2 N–H and O–H groups in total. The fourth-order valence-electron chi connectivity index (χ4n) is 7.76. The average Bonchev–Trinajstić information content (AvgIpc) is 3.63. The molecule has 234 valence electrons. The zero-order valence-electron chi connectivity index (χ0n) is 24.8. The highest BCUT2D eigenvalue weighted by molar-refractivity contribution is 7.89. The molecule has 0 aromatic heterocycles. The molecule has 3 aromatic rings. The molecule has 0 spiro atoms. The number of benzene rings is 3. The van der Waals surface area contributed by atoms with E-state index in [1.807, 2.05) is 29.2 Å². The smallest absolute Gasteiger partial charge is 0.243 e. The van der Waals surface area contributed by atoms with Gasteiger partial charge in [0.1, 0.15) is 23.6 Å². The summed E-state index contributed by atoms with van der Waals surface area (Å²) < 4.78 is 42.5. The van der Waals surface area contributed by atoms with Gasteiger partial charge < -0.3 is 20.1 Å². The summed E-state index contributed by atoms with van der Waals surface area (Å²) in [5.74, 6) is 1.33. The molecule has 10 heteroatoms. The van der Waals surface area contributed by atoms with E-state index in [4.69, 9.17) is 26.8 Å². The molecule has 4 atom stereocenters. The van der Waals surface area contributed by atoms with Crippen LogP contribution in [0.5, 0.6) is 11.5 Å². The van der Waals surface area contributed by atoms with E-state index in [-0.39, 0.29) is 54.1 Å². The Labute approximate surface area is 264 Å². The van der Waals surface area contributed by atoms with Gasteiger partial charge in [0.05, 0.1) is 11.0 Å². The van der Waals surface area contributed by atoms with E-state index < -0.39 is 16.1 Å². The third-order valence-electron chi connectivity index (χ3n) is 9.93. The van der Waals surface area contributed by atoms with Gasteiger partial charge in [-0.2, -0.15) is 4.31 Å². The van der Waals surface area contributed by atoms with Crippen molar-refractivity contribution in [3.63, 3.8) is 0 Å². The highest BCUT2D eigenvalue weighted by Gasteiger charge is 2.49. The molecule has 3 aromatic carbocycles. The number of piperidine rings is 2. The molecular formula is C34H40ClN3O5S. The molecule has 4 fully saturated rings. The Balaban J connectivity index is 1.16. The maximum atomic E-state index is 14.3. The van der Waals surface area contributed by atoms with Crippen LogP contribution in [0.1, 0.15) is 64.2 Å². The molecule has 44 heavy (non-hydrogen) atoms. The molecule has 0 radical (unpaired) electrons. The molecule has 3 aliphatic heterocycles. The summed E-state index contributed by atoms with van der Waals surface area (Å²) in [6.07, 6.45) is 8.54. The minimum absolute atomic E-state index is 0.0553. The summed E-state index contributed by atoms with van der Waals surface area (Å²) in [5.41, 5.74) is 6.30. The van der Waals surface area contributed by atoms with Gasteiger partial charge in [0.15, 0.2) is 0 Å². The van der Waals surface area contributed by atoms with E-state index in [0.717, 1.165) is 55.0 Å². The highest BCUT2D eigenvalue weighted by atomic mass is 35.5. The largest absolute Gasteiger partial charge is 0.490 e. The van der Waals surface area contributed by atoms with Crippen molar-refractivity contribution >= 4 is 38.3 Å². The van der Waals surface area contributed by atoms with Crippen molar-refractivity contribution in [2.24, 2.45) is 5.73 Å². The summed E-state index contributed by atoms with van der Waals surface area (Å²) in [6, 6.07) is 17.5. The van der Waals surface area contributed by atoms with Crippen LogP contribution < -0.4 is 15.2 Å². The van der Waals surface area contributed by atoms with Crippen molar-refractivity contribution in [3.05, 3.63) is 65.7 Å². The van der Waals surface area contributed by atoms with Crippen molar-refractivity contribution in [1.29, 1.82) is 0 Å². The number of amides is 1. The third kappa shape index (κ3) is 5.91. The number of hydrogen-bond acceptors (Lipinski definition) is 6. The van der Waals surface area contributed by atoms with Crippen molar-refractivity contribution in [2.75, 3.05) is 6.54 Å². The zero-order chi connectivity index (χ0) is 30.4. The summed E-state index contributed by atoms with van der Waals surface area (Å²) in [6.45, 7) is 0.186. The molecule has 2 bridgehead atoms. The van der Waals surface area contributed by atoms with Crippen LogP contribution in [0.3, 0.4) is 0 Å². The van der Waals surface area contributed by atoms with Crippen LogP contribution >= 0.6 is 11.6 Å². The van der Waals surface area contributed by atoms with Gasteiger partial charge in [-0.3, -0.25) is 4.79 Å². The molecule has 1 saturated carbocycles. The van der Waals surface area contributed by atoms with Gasteiger partial charge >= 0.3 is 0 Å². The molecule has 3 saturated heterocycles. The van der Waals surface area contributed by atoms with Gasteiger partial charge in [-0.15, -0.1) is 0 Å². The second-order valence-corrected chi connectivity index (χ2v) is 15.2. The SMILES string of the molecule is NC1CC2CCC(C1)N2C(=O)[C@@H]1C[C@H](Oc2ccc(Cl)cc2)CCN1S(=O)(=O)c1ccc2cc(OC3CCCC3)ccc2c1. The van der Waals surface area contributed by atoms with Crippen LogP contribution in [0.25, 0.3) is 10.8 Å². The number of rotatable bonds is 7. The first-order chi connectivity index (χ1) is 21.2. The molecule has 3 heterocycles. The minimum Gasteiger partial charge on any atom is -0.490 e. The Bertz CT molecular complexity index is 1610. The molecule has 1 amide bonds. The number of ether oxygens (including phenoxy) is 2. The Hall–Kier alpha value is -2.85. The Kier molecular flexibility index (Phi) is 8.24. The second kappa shape index (κ2) is 12.2. The number of fused-ring (bicyclic) bond motifs is 3. The van der Waals surface area contributed by atoms with Gasteiger partial charge in [0, 0.05) is 36.1 Å². The number of hydrogen-bond donors (Lipinski definition) is 1. The number of carbonyl (C=O) groups excluding carboxylic acids is 1. The lowest BCUT2D eigenvalue weighted by atomic mass is 9.94. The van der Waals surface area contributed by atoms with Gasteiger partial charge in [0.2, 0.25) is 15.9 Å². The van der Waals surface area contributed by atoms with Crippen molar-refractivity contribution in [3.8, 4) is 11.5 Å². The lowest BCUT2D eigenvalue weighted by Gasteiger charge is -2.44. The number of carbonyl (C=O) groups is 1. The first kappa shape index (κ1) is 29.8. The lowest BCUT2D eigenvalue weighted by Crippen LogP contribution is -2.60. The molecule has 8 nitrogen and oxygen atoms in total. The molecule has 7 rings (SSSR count). The van der Waals surface area contributed by atoms with Gasteiger partial charge in [-0.05, 0) is 117 Å². The lowest BCUT2D eigenvalue weighted by molar-refractivity contribution is -0.142. The predicted molar refractivity (Wildman–Crippen MR) is 170 cm³/mol. The normalized spacial score (nSPS) is 28.0. The van der Waals surface area contributed by atoms with E-state index >= 15 is 0 Å². The zero-order valence-corrected chi connectivity index (χ0v) is 26.4. The predicted octanol–water partition coefficient (Wildman–Crippen LogP) is 5.90. The number of halogens is 1. The summed E-state index contributed by atoms with van der Waals surface area (Å²) in [7, 11) is -3.99. The van der Waals surface area contributed by atoms with Gasteiger partial charge in [-0.25, -0.2) is 8.42 Å². The van der Waals surface area contributed by atoms with Gasteiger partial charge in [0.25, 0.3) is 0 Å². The second-order valence-electron chi connectivity index (χ2n) is 12.9. The maximum absolute atomic E-state index is 14.3. The standard InChI is InChI=1S/C34H40ClN3O5S/c35-24-7-12-29(13-8-24)43-31-15-16-37(33(21-31)34(39)38-26-9-10-27(38)20-25(36)19-26)44(40,41)32-14-6-22-17-30(11-5-23(22)18-32)42-28-3-1-2-4-28/h5-8,11-14,17-18,25-28,31,33H,1-4,9-10,15-16,19-21,36H2/t25?,26?,27?,31-,33+/m1/s1. The van der Waals surface area contributed by atoms with E-state index in [0.29, 0.717) is 17.2 Å². The Morgan fingerprint density at radius 1 is 0.773 bits per heavy atom. The van der Waals surface area contributed by atoms with Crippen molar-refractivity contribution in [2.45, 2.75) is 105 Å². The molecule has 1 aliphatic carbocycles. The van der Waals surface area contributed by atoms with Crippen LogP contribution in [-0.4, -0.2) is 66.5 Å². The Morgan fingerprint density at radius 3 is 2.14 bits per heavy atom. The topological polar surface area (TPSA) is 102 Å². The first-order valence-corrected chi connectivity index (χ1v) is 17.8. The fraction of sp³-hybridized carbons (Fsp3) is 0.500.